The molecular weight excluding hydrogens is 401 g/mol. The zero-order valence-electron chi connectivity index (χ0n) is 15.7. The molecule has 0 saturated carbocycles. The Labute approximate surface area is 164 Å². The van der Waals surface area contributed by atoms with Gasteiger partial charge in [0.25, 0.3) is 0 Å². The van der Waals surface area contributed by atoms with Gasteiger partial charge in [-0.25, -0.2) is 13.0 Å². The minimum Gasteiger partial charge on any atom is -0.404 e. The highest BCUT2D eigenvalue weighted by molar-refractivity contribution is 7.91. The van der Waals surface area contributed by atoms with Gasteiger partial charge in [0.1, 0.15) is 5.75 Å². The molecule has 2 aromatic carbocycles. The summed E-state index contributed by atoms with van der Waals surface area (Å²) in [5.41, 5.74) is 0.826. The molecule has 9 heteroatoms. The van der Waals surface area contributed by atoms with Crippen molar-refractivity contribution in [3.63, 3.8) is 0 Å². The maximum atomic E-state index is 13.2. The first-order valence-electron chi connectivity index (χ1n) is 9.04. The molecule has 1 atom stereocenters. The Morgan fingerprint density at radius 2 is 1.79 bits per heavy atom. The van der Waals surface area contributed by atoms with E-state index in [1.165, 1.54) is 12.1 Å². The molecule has 0 spiro atoms. The number of fused-ring (bicyclic) bond motifs is 1. The molecule has 1 heterocycles. The Bertz CT molecular complexity index is 998. The third-order valence-corrected chi connectivity index (χ3v) is 7.66. The minimum absolute atomic E-state index is 0.0311. The van der Waals surface area contributed by atoms with Gasteiger partial charge < -0.3 is 4.52 Å². The molecule has 152 valence electrons. The van der Waals surface area contributed by atoms with Crippen LogP contribution in [0, 0.1) is 0 Å². The van der Waals surface area contributed by atoms with Gasteiger partial charge in [0.15, 0.2) is 9.84 Å². The Kier molecular flexibility index (Phi) is 5.71. The molecular formula is C19H24NO6PS. The number of nitrogens with one attached hydrogen (secondary N) is 1. The van der Waals surface area contributed by atoms with Gasteiger partial charge in [-0.3, -0.25) is 15.1 Å². The molecule has 3 N–H and O–H groups in total. The lowest BCUT2D eigenvalue weighted by atomic mass is 9.90. The second-order valence-corrected chi connectivity index (χ2v) is 10.1. The standard InChI is InChI=1S/C19H24NO6PS/c1-3-19(4-2)13-28(24,25)17-12-15(26-27(21,22)23)10-11-16(17)18(20-19)14-8-6-5-7-9-14/h5-12,18,20H,3-4,13H2,1-2H3,(H2,21,22,23). The van der Waals surface area contributed by atoms with E-state index < -0.39 is 23.2 Å². The molecule has 0 amide bonds. The number of benzene rings is 2. The van der Waals surface area contributed by atoms with E-state index in [-0.39, 0.29) is 22.4 Å². The van der Waals surface area contributed by atoms with E-state index in [1.54, 1.807) is 6.07 Å². The summed E-state index contributed by atoms with van der Waals surface area (Å²) in [4.78, 5) is 18.2. The topological polar surface area (TPSA) is 113 Å². The first-order valence-corrected chi connectivity index (χ1v) is 12.2. The van der Waals surface area contributed by atoms with Gasteiger partial charge >= 0.3 is 7.82 Å². The average Bonchev–Trinajstić information content (AvgIpc) is 2.74. The SMILES string of the molecule is CCC1(CC)CS(=O)(=O)c2cc(OP(=O)(O)O)ccc2C(c2ccccc2)N1. The van der Waals surface area contributed by atoms with Crippen LogP contribution in [0.15, 0.2) is 53.4 Å². The molecule has 2 aromatic rings. The summed E-state index contributed by atoms with van der Waals surface area (Å²) < 4.78 is 42.3. The molecule has 0 aliphatic carbocycles. The molecule has 0 saturated heterocycles. The normalized spacial score (nSPS) is 20.8. The lowest BCUT2D eigenvalue weighted by Gasteiger charge is -2.34. The third kappa shape index (κ3) is 4.31. The van der Waals surface area contributed by atoms with Crippen molar-refractivity contribution in [1.82, 2.24) is 5.32 Å². The van der Waals surface area contributed by atoms with Gasteiger partial charge in [-0.1, -0.05) is 50.2 Å². The van der Waals surface area contributed by atoms with Crippen molar-refractivity contribution in [2.45, 2.75) is 43.2 Å². The van der Waals surface area contributed by atoms with Crippen LogP contribution in [0.5, 0.6) is 5.75 Å². The van der Waals surface area contributed by atoms with Crippen molar-refractivity contribution in [1.29, 1.82) is 0 Å². The van der Waals surface area contributed by atoms with E-state index in [2.05, 4.69) is 9.84 Å². The summed E-state index contributed by atoms with van der Waals surface area (Å²) in [6.45, 7) is 3.90. The molecule has 1 aliphatic heterocycles. The fourth-order valence-corrected chi connectivity index (χ4v) is 6.25. The highest BCUT2D eigenvalue weighted by atomic mass is 32.2. The fourth-order valence-electron chi connectivity index (χ4n) is 3.65. The Balaban J connectivity index is 2.22. The van der Waals surface area contributed by atoms with Crippen molar-refractivity contribution in [2.75, 3.05) is 5.75 Å². The first-order chi connectivity index (χ1) is 13.1. The fraction of sp³-hybridized carbons (Fsp3) is 0.368. The van der Waals surface area contributed by atoms with E-state index in [4.69, 9.17) is 9.79 Å². The third-order valence-electron chi connectivity index (χ3n) is 5.26. The van der Waals surface area contributed by atoms with Crippen LogP contribution in [0.3, 0.4) is 0 Å². The van der Waals surface area contributed by atoms with Crippen molar-refractivity contribution < 1.29 is 27.3 Å². The van der Waals surface area contributed by atoms with Crippen molar-refractivity contribution in [3.05, 3.63) is 59.7 Å². The van der Waals surface area contributed by atoms with E-state index in [1.807, 2.05) is 44.2 Å². The van der Waals surface area contributed by atoms with Crippen LogP contribution in [0.1, 0.15) is 43.9 Å². The number of sulfone groups is 1. The molecule has 1 unspecified atom stereocenters. The van der Waals surface area contributed by atoms with E-state index in [0.29, 0.717) is 18.4 Å². The van der Waals surface area contributed by atoms with Crippen LogP contribution < -0.4 is 9.84 Å². The van der Waals surface area contributed by atoms with Gasteiger partial charge in [-0.15, -0.1) is 0 Å². The second kappa shape index (κ2) is 7.61. The zero-order chi connectivity index (χ0) is 20.6. The minimum atomic E-state index is -4.80. The summed E-state index contributed by atoms with van der Waals surface area (Å²) in [5, 5.41) is 3.55. The Morgan fingerprint density at radius 3 is 2.36 bits per heavy atom. The van der Waals surface area contributed by atoms with Gasteiger partial charge in [-0.05, 0) is 36.1 Å². The monoisotopic (exact) mass is 425 g/mol. The number of rotatable bonds is 5. The molecule has 0 bridgehead atoms. The summed E-state index contributed by atoms with van der Waals surface area (Å²) >= 11 is 0. The molecule has 0 radical (unpaired) electrons. The van der Waals surface area contributed by atoms with Crippen LogP contribution in [0.25, 0.3) is 0 Å². The van der Waals surface area contributed by atoms with E-state index in [0.717, 1.165) is 5.56 Å². The molecule has 1 aliphatic rings. The average molecular weight is 425 g/mol. The van der Waals surface area contributed by atoms with E-state index in [9.17, 15) is 13.0 Å². The van der Waals surface area contributed by atoms with Gasteiger partial charge in [-0.2, -0.15) is 0 Å². The summed E-state index contributed by atoms with van der Waals surface area (Å²) in [7, 11) is -8.52. The summed E-state index contributed by atoms with van der Waals surface area (Å²) in [5.74, 6) is -0.286. The van der Waals surface area contributed by atoms with Gasteiger partial charge in [0.2, 0.25) is 0 Å². The summed E-state index contributed by atoms with van der Waals surface area (Å²) in [6.07, 6.45) is 1.23. The molecule has 28 heavy (non-hydrogen) atoms. The molecule has 7 nitrogen and oxygen atoms in total. The van der Waals surface area contributed by atoms with Crippen LogP contribution >= 0.6 is 7.82 Å². The van der Waals surface area contributed by atoms with Gasteiger partial charge in [0, 0.05) is 5.54 Å². The van der Waals surface area contributed by atoms with Crippen LogP contribution in [0.4, 0.5) is 0 Å². The van der Waals surface area contributed by atoms with Crippen molar-refractivity contribution in [3.8, 4) is 5.75 Å². The predicted molar refractivity (Wildman–Crippen MR) is 106 cm³/mol. The molecule has 3 rings (SSSR count). The van der Waals surface area contributed by atoms with Crippen LogP contribution in [0.2, 0.25) is 0 Å². The maximum Gasteiger partial charge on any atom is 0.524 e. The van der Waals surface area contributed by atoms with Crippen molar-refractivity contribution in [2.24, 2.45) is 0 Å². The Morgan fingerprint density at radius 1 is 1.14 bits per heavy atom. The van der Waals surface area contributed by atoms with Crippen LogP contribution in [-0.4, -0.2) is 29.5 Å². The highest BCUT2D eigenvalue weighted by Gasteiger charge is 2.41. The Hall–Kier alpha value is -1.70. The molecule has 0 fully saturated rings. The highest BCUT2D eigenvalue weighted by Crippen LogP contribution is 2.42. The lowest BCUT2D eigenvalue weighted by Crippen LogP contribution is -2.49. The number of hydrogen-bond donors (Lipinski definition) is 3. The van der Waals surface area contributed by atoms with E-state index >= 15 is 0 Å². The number of phosphoric ester groups is 1. The van der Waals surface area contributed by atoms with Crippen molar-refractivity contribution >= 4 is 17.7 Å². The van der Waals surface area contributed by atoms with Crippen LogP contribution in [-0.2, 0) is 14.4 Å². The van der Waals surface area contributed by atoms with Gasteiger partial charge in [0.05, 0.1) is 16.7 Å². The zero-order valence-corrected chi connectivity index (χ0v) is 17.4. The smallest absolute Gasteiger partial charge is 0.404 e. The maximum absolute atomic E-state index is 13.2. The lowest BCUT2D eigenvalue weighted by molar-refractivity contribution is 0.283. The first kappa shape index (κ1) is 21.0. The second-order valence-electron chi connectivity index (χ2n) is 7.02. The number of hydrogen-bond acceptors (Lipinski definition) is 5. The molecule has 0 aromatic heterocycles. The number of phosphoric acid groups is 1. The largest absolute Gasteiger partial charge is 0.524 e. The summed E-state index contributed by atoms with van der Waals surface area (Å²) in [6, 6.07) is 13.3. The quantitative estimate of drug-likeness (QED) is 0.631. The predicted octanol–water partition coefficient (Wildman–Crippen LogP) is 3.18.